The molecule has 0 saturated carbocycles. The predicted octanol–water partition coefficient (Wildman–Crippen LogP) is 3.96. The molecule has 0 amide bonds. The highest BCUT2D eigenvalue weighted by Crippen LogP contribution is 2.29. The third kappa shape index (κ3) is 2.27. The van der Waals surface area contributed by atoms with Crippen LogP contribution in [0.4, 0.5) is 4.39 Å². The fraction of sp³-hybridized carbons (Fsp3) is 0.188. The van der Waals surface area contributed by atoms with Crippen LogP contribution in [0.1, 0.15) is 24.1 Å². The van der Waals surface area contributed by atoms with Crippen LogP contribution in [0.3, 0.4) is 0 Å². The second-order valence-electron chi connectivity index (χ2n) is 4.93. The first-order valence-corrected chi connectivity index (χ1v) is 7.17. The lowest BCUT2D eigenvalue weighted by Gasteiger charge is -2.13. The summed E-state index contributed by atoms with van der Waals surface area (Å²) in [5.41, 5.74) is 2.46. The first-order valence-electron chi connectivity index (χ1n) is 6.80. The zero-order chi connectivity index (χ0) is 15.9. The quantitative estimate of drug-likeness (QED) is 0.787. The van der Waals surface area contributed by atoms with E-state index < -0.39 is 5.83 Å². The van der Waals surface area contributed by atoms with Gasteiger partial charge in [0.25, 0.3) is 0 Å². The molecule has 0 aliphatic carbocycles. The van der Waals surface area contributed by atoms with Gasteiger partial charge in [0.2, 0.25) is 0 Å². The molecule has 0 fully saturated rings. The van der Waals surface area contributed by atoms with Crippen molar-refractivity contribution in [2.75, 3.05) is 0 Å². The molecule has 0 bridgehead atoms. The van der Waals surface area contributed by atoms with Gasteiger partial charge in [-0.25, -0.2) is 4.39 Å². The van der Waals surface area contributed by atoms with Crippen LogP contribution in [0.25, 0.3) is 5.69 Å². The van der Waals surface area contributed by atoms with Gasteiger partial charge in [0.1, 0.15) is 18.2 Å². The number of aliphatic imine (C=N–C) groups is 1. The Morgan fingerprint density at radius 2 is 2.18 bits per heavy atom. The van der Waals surface area contributed by atoms with E-state index >= 15 is 0 Å². The molecule has 22 heavy (non-hydrogen) atoms. The van der Waals surface area contributed by atoms with Crippen LogP contribution in [0.5, 0.6) is 0 Å². The molecular formula is C16H14ClFN4. The van der Waals surface area contributed by atoms with Gasteiger partial charge in [0, 0.05) is 16.2 Å². The summed E-state index contributed by atoms with van der Waals surface area (Å²) in [6, 6.07) is 5.43. The van der Waals surface area contributed by atoms with Crippen LogP contribution in [-0.4, -0.2) is 20.5 Å². The van der Waals surface area contributed by atoms with Gasteiger partial charge in [-0.1, -0.05) is 24.3 Å². The van der Waals surface area contributed by atoms with Crippen LogP contribution in [0.15, 0.2) is 47.2 Å². The van der Waals surface area contributed by atoms with Crippen LogP contribution in [-0.2, 0) is 6.54 Å². The second kappa shape index (κ2) is 5.50. The minimum atomic E-state index is -0.526. The highest BCUT2D eigenvalue weighted by atomic mass is 35.5. The molecule has 0 radical (unpaired) electrons. The molecule has 0 N–H and O–H groups in total. The molecule has 0 unspecified atom stereocenters. The lowest BCUT2D eigenvalue weighted by atomic mass is 9.99. The average molecular weight is 317 g/mol. The minimum Gasteiger partial charge on any atom is -0.281 e. The van der Waals surface area contributed by atoms with Crippen molar-refractivity contribution in [2.45, 2.75) is 20.4 Å². The highest BCUT2D eigenvalue weighted by Gasteiger charge is 2.23. The predicted molar refractivity (Wildman–Crippen MR) is 85.4 cm³/mol. The molecule has 1 aliphatic heterocycles. The lowest BCUT2D eigenvalue weighted by molar-refractivity contribution is 0.664. The van der Waals surface area contributed by atoms with Gasteiger partial charge in [-0.15, -0.1) is 10.2 Å². The minimum absolute atomic E-state index is 0.313. The molecule has 0 saturated heterocycles. The smallest absolute Gasteiger partial charge is 0.159 e. The number of hydrogen-bond acceptors (Lipinski definition) is 3. The van der Waals surface area contributed by atoms with E-state index in [0.717, 1.165) is 17.1 Å². The van der Waals surface area contributed by atoms with E-state index in [4.69, 9.17) is 11.6 Å². The van der Waals surface area contributed by atoms with Gasteiger partial charge in [0.15, 0.2) is 5.82 Å². The Hall–Kier alpha value is -2.27. The number of aromatic nitrogens is 3. The van der Waals surface area contributed by atoms with Crippen molar-refractivity contribution >= 4 is 17.3 Å². The Morgan fingerprint density at radius 1 is 1.41 bits per heavy atom. The molecule has 112 valence electrons. The number of nitrogens with zero attached hydrogens (tertiary/aromatic N) is 4. The molecule has 0 spiro atoms. The Bertz CT molecular complexity index is 833. The van der Waals surface area contributed by atoms with Crippen molar-refractivity contribution in [2.24, 2.45) is 4.99 Å². The zero-order valence-electron chi connectivity index (χ0n) is 12.3. The summed E-state index contributed by atoms with van der Waals surface area (Å²) >= 11 is 6.13. The maximum Gasteiger partial charge on any atom is 0.159 e. The molecular weight excluding hydrogens is 303 g/mol. The summed E-state index contributed by atoms with van der Waals surface area (Å²) in [5, 5.41) is 8.79. The standard InChI is InChI=1S/C16H14ClFN4/c1-4-12(9(2)18)16-13-7-11(17)5-6-14(13)22-10(3)20-21-15(22)8-19-16/h4-7H,2,8H2,1,3H3/b12-4+. The summed E-state index contributed by atoms with van der Waals surface area (Å²) in [6.07, 6.45) is 1.66. The maximum absolute atomic E-state index is 13.8. The molecule has 3 rings (SSSR count). The van der Waals surface area contributed by atoms with E-state index in [1.807, 2.05) is 17.6 Å². The first kappa shape index (κ1) is 14.7. The Kier molecular flexibility index (Phi) is 3.66. The van der Waals surface area contributed by atoms with Crippen molar-refractivity contribution in [3.63, 3.8) is 0 Å². The van der Waals surface area contributed by atoms with Crippen LogP contribution >= 0.6 is 11.6 Å². The number of hydrogen-bond donors (Lipinski definition) is 0. The summed E-state index contributed by atoms with van der Waals surface area (Å²) in [4.78, 5) is 4.52. The molecule has 1 aliphatic rings. The summed E-state index contributed by atoms with van der Waals surface area (Å²) < 4.78 is 15.7. The van der Waals surface area contributed by atoms with Gasteiger partial charge >= 0.3 is 0 Å². The number of allylic oxidation sites excluding steroid dienone is 3. The highest BCUT2D eigenvalue weighted by molar-refractivity contribution is 6.31. The summed E-state index contributed by atoms with van der Waals surface area (Å²) in [6.45, 7) is 7.33. The number of rotatable bonds is 2. The third-order valence-electron chi connectivity index (χ3n) is 3.56. The zero-order valence-corrected chi connectivity index (χ0v) is 13.0. The van der Waals surface area contributed by atoms with E-state index in [-0.39, 0.29) is 0 Å². The number of fused-ring (bicyclic) bond motifs is 3. The summed E-state index contributed by atoms with van der Waals surface area (Å²) in [7, 11) is 0. The van der Waals surface area contributed by atoms with Crippen molar-refractivity contribution in [3.05, 3.63) is 64.5 Å². The SMILES string of the molecule is C=C(F)/C(=C\C)C1=NCc2nnc(C)n2-c2ccc(Cl)cc21. The van der Waals surface area contributed by atoms with E-state index in [2.05, 4.69) is 21.8 Å². The van der Waals surface area contributed by atoms with Gasteiger partial charge < -0.3 is 0 Å². The topological polar surface area (TPSA) is 43.1 Å². The number of aryl methyl sites for hydroxylation is 1. The largest absolute Gasteiger partial charge is 0.281 e. The molecule has 6 heteroatoms. The molecule has 1 aromatic heterocycles. The van der Waals surface area contributed by atoms with Crippen molar-refractivity contribution in [1.29, 1.82) is 0 Å². The van der Waals surface area contributed by atoms with E-state index in [9.17, 15) is 4.39 Å². The van der Waals surface area contributed by atoms with Crippen LogP contribution in [0.2, 0.25) is 5.02 Å². The molecule has 2 aromatic rings. The van der Waals surface area contributed by atoms with Crippen molar-refractivity contribution < 1.29 is 4.39 Å². The van der Waals surface area contributed by atoms with Crippen LogP contribution in [0, 0.1) is 6.92 Å². The fourth-order valence-electron chi connectivity index (χ4n) is 2.60. The Labute approximate surface area is 132 Å². The van der Waals surface area contributed by atoms with Gasteiger partial charge in [-0.05, 0) is 32.0 Å². The normalized spacial score (nSPS) is 14.0. The number of benzene rings is 1. The molecule has 1 aromatic carbocycles. The molecule has 4 nitrogen and oxygen atoms in total. The van der Waals surface area contributed by atoms with E-state index in [0.29, 0.717) is 28.7 Å². The van der Waals surface area contributed by atoms with Crippen molar-refractivity contribution in [1.82, 2.24) is 14.8 Å². The maximum atomic E-state index is 13.8. The average Bonchev–Trinajstić information content (AvgIpc) is 2.76. The lowest BCUT2D eigenvalue weighted by Crippen LogP contribution is -2.09. The summed E-state index contributed by atoms with van der Waals surface area (Å²) in [5.74, 6) is 0.925. The van der Waals surface area contributed by atoms with Crippen molar-refractivity contribution in [3.8, 4) is 5.69 Å². The van der Waals surface area contributed by atoms with E-state index in [1.54, 1.807) is 25.1 Å². The first-order chi connectivity index (χ1) is 10.5. The number of halogens is 2. The van der Waals surface area contributed by atoms with Crippen LogP contribution < -0.4 is 0 Å². The second-order valence-corrected chi connectivity index (χ2v) is 5.37. The van der Waals surface area contributed by atoms with Gasteiger partial charge in [0.05, 0.1) is 11.4 Å². The molecule has 2 heterocycles. The fourth-order valence-corrected chi connectivity index (χ4v) is 2.77. The monoisotopic (exact) mass is 316 g/mol. The Morgan fingerprint density at radius 3 is 2.86 bits per heavy atom. The third-order valence-corrected chi connectivity index (χ3v) is 3.80. The van der Waals surface area contributed by atoms with Gasteiger partial charge in [-0.3, -0.25) is 9.56 Å². The van der Waals surface area contributed by atoms with Gasteiger partial charge in [-0.2, -0.15) is 0 Å². The molecule has 0 atom stereocenters. The van der Waals surface area contributed by atoms with E-state index in [1.165, 1.54) is 0 Å². The Balaban J connectivity index is 2.32.